The lowest BCUT2D eigenvalue weighted by Gasteiger charge is -2.24. The van der Waals surface area contributed by atoms with Crippen LogP contribution in [0, 0.1) is 0 Å². The van der Waals surface area contributed by atoms with Crippen molar-refractivity contribution in [2.75, 3.05) is 7.11 Å². The summed E-state index contributed by atoms with van der Waals surface area (Å²) in [7, 11) is 1.55. The van der Waals surface area contributed by atoms with Crippen molar-refractivity contribution in [3.8, 4) is 5.75 Å². The smallest absolute Gasteiger partial charge is 0.497 e. The molecule has 1 aliphatic rings. The van der Waals surface area contributed by atoms with E-state index in [-0.39, 0.29) is 10.8 Å². The van der Waals surface area contributed by atoms with E-state index in [4.69, 9.17) is 27.9 Å². The highest BCUT2D eigenvalue weighted by molar-refractivity contribution is 6.42. The van der Waals surface area contributed by atoms with Crippen molar-refractivity contribution < 1.29 is 22.6 Å². The molecule has 0 bridgehead atoms. The summed E-state index contributed by atoms with van der Waals surface area (Å²) in [5.74, 6) is 0.423. The van der Waals surface area contributed by atoms with Gasteiger partial charge < -0.3 is 9.47 Å². The van der Waals surface area contributed by atoms with Gasteiger partial charge in [0.2, 0.25) is 0 Å². The van der Waals surface area contributed by atoms with Crippen LogP contribution in [0.4, 0.5) is 13.2 Å². The Kier molecular flexibility index (Phi) is 5.72. The fraction of sp³-hybridized carbons (Fsp3) is 0.200. The third-order valence-corrected chi connectivity index (χ3v) is 4.88. The van der Waals surface area contributed by atoms with Gasteiger partial charge in [-0.15, -0.1) is 13.2 Å². The second kappa shape index (κ2) is 7.87. The van der Waals surface area contributed by atoms with E-state index in [1.165, 1.54) is 6.08 Å². The molecule has 3 rings (SSSR count). The Hall–Kier alpha value is -2.11. The first-order valence-electron chi connectivity index (χ1n) is 8.08. The number of ether oxygens (including phenoxy) is 2. The topological polar surface area (TPSA) is 18.5 Å². The minimum absolute atomic E-state index is 0.238. The van der Waals surface area contributed by atoms with E-state index in [0.717, 1.165) is 11.1 Å². The average molecular weight is 415 g/mol. The number of alkyl halides is 3. The predicted molar refractivity (Wildman–Crippen MR) is 101 cm³/mol. The lowest BCUT2D eigenvalue weighted by atomic mass is 9.86. The maximum atomic E-state index is 13.0. The van der Waals surface area contributed by atoms with E-state index in [0.29, 0.717) is 34.8 Å². The largest absolute Gasteiger partial charge is 0.573 e. The minimum Gasteiger partial charge on any atom is -0.497 e. The summed E-state index contributed by atoms with van der Waals surface area (Å²) in [4.78, 5) is 0. The van der Waals surface area contributed by atoms with Gasteiger partial charge in [-0.3, -0.25) is 0 Å². The van der Waals surface area contributed by atoms with E-state index in [1.807, 2.05) is 12.1 Å². The zero-order valence-corrected chi connectivity index (χ0v) is 15.8. The summed E-state index contributed by atoms with van der Waals surface area (Å²) < 4.78 is 48.3. The summed E-state index contributed by atoms with van der Waals surface area (Å²) in [5.41, 5.74) is 2.37. The summed E-state index contributed by atoms with van der Waals surface area (Å²) >= 11 is 12.1. The number of benzene rings is 2. The first-order valence-corrected chi connectivity index (χ1v) is 8.83. The normalized spacial score (nSPS) is 14.8. The summed E-state index contributed by atoms with van der Waals surface area (Å²) in [6.45, 7) is 0. The van der Waals surface area contributed by atoms with E-state index in [2.05, 4.69) is 4.74 Å². The van der Waals surface area contributed by atoms with Gasteiger partial charge >= 0.3 is 6.36 Å². The molecule has 0 aliphatic heterocycles. The second-order valence-corrected chi connectivity index (χ2v) is 6.68. The molecule has 0 radical (unpaired) electrons. The van der Waals surface area contributed by atoms with Gasteiger partial charge in [-0.25, -0.2) is 0 Å². The van der Waals surface area contributed by atoms with Gasteiger partial charge in [0.05, 0.1) is 17.2 Å². The van der Waals surface area contributed by atoms with Crippen LogP contribution in [-0.2, 0) is 4.74 Å². The van der Waals surface area contributed by atoms with Crippen molar-refractivity contribution in [3.05, 3.63) is 75.5 Å². The van der Waals surface area contributed by atoms with Gasteiger partial charge in [0.25, 0.3) is 0 Å². The van der Waals surface area contributed by atoms with Crippen LogP contribution in [0.2, 0.25) is 10.0 Å². The summed E-state index contributed by atoms with van der Waals surface area (Å²) in [6, 6.07) is 11.9. The molecule has 0 atom stereocenters. The molecule has 1 aliphatic carbocycles. The lowest BCUT2D eigenvalue weighted by Crippen LogP contribution is -2.16. The molecule has 0 N–H and O–H groups in total. The van der Waals surface area contributed by atoms with Crippen LogP contribution in [0.15, 0.2) is 54.3 Å². The van der Waals surface area contributed by atoms with E-state index in [1.54, 1.807) is 37.4 Å². The molecule has 0 heterocycles. The van der Waals surface area contributed by atoms with Crippen molar-refractivity contribution in [2.45, 2.75) is 19.2 Å². The van der Waals surface area contributed by atoms with Gasteiger partial charge in [-0.1, -0.05) is 41.4 Å². The average Bonchev–Trinajstić information content (AvgIpc) is 2.63. The van der Waals surface area contributed by atoms with Crippen LogP contribution in [0.3, 0.4) is 0 Å². The van der Waals surface area contributed by atoms with E-state index in [9.17, 15) is 13.2 Å². The SMILES string of the molecule is COc1ccc(C2=C(c3ccc(Cl)c(Cl)c3)C(OC(F)(F)F)=CCC2)cc1. The maximum absolute atomic E-state index is 13.0. The van der Waals surface area contributed by atoms with Crippen LogP contribution < -0.4 is 4.74 Å². The highest BCUT2D eigenvalue weighted by Gasteiger charge is 2.35. The van der Waals surface area contributed by atoms with Crippen LogP contribution in [0.1, 0.15) is 24.0 Å². The first-order chi connectivity index (χ1) is 12.8. The van der Waals surface area contributed by atoms with E-state index < -0.39 is 6.36 Å². The molecule has 7 heteroatoms. The zero-order chi connectivity index (χ0) is 19.6. The molecule has 2 aromatic rings. The van der Waals surface area contributed by atoms with Crippen molar-refractivity contribution in [1.29, 1.82) is 0 Å². The summed E-state index contributed by atoms with van der Waals surface area (Å²) in [6.07, 6.45) is -2.36. The van der Waals surface area contributed by atoms with Crippen LogP contribution in [0.5, 0.6) is 5.75 Å². The summed E-state index contributed by atoms with van der Waals surface area (Å²) in [5, 5.41) is 0.581. The Labute approximate surface area is 164 Å². The van der Waals surface area contributed by atoms with Crippen LogP contribution in [0.25, 0.3) is 11.1 Å². The molecule has 0 spiro atoms. The van der Waals surface area contributed by atoms with Gasteiger partial charge in [0.1, 0.15) is 11.5 Å². The Morgan fingerprint density at radius 1 is 0.926 bits per heavy atom. The highest BCUT2D eigenvalue weighted by atomic mass is 35.5. The van der Waals surface area contributed by atoms with E-state index >= 15 is 0 Å². The number of methoxy groups -OCH3 is 1. The Bertz CT molecular complexity index is 900. The first kappa shape index (κ1) is 19.6. The molecule has 27 heavy (non-hydrogen) atoms. The number of rotatable bonds is 4. The molecule has 0 amide bonds. The monoisotopic (exact) mass is 414 g/mol. The van der Waals surface area contributed by atoms with Crippen molar-refractivity contribution >= 4 is 34.3 Å². The molecule has 0 fully saturated rings. The molecular formula is C20H15Cl2F3O2. The van der Waals surface area contributed by atoms with Crippen molar-refractivity contribution in [2.24, 2.45) is 0 Å². The Balaban J connectivity index is 2.17. The van der Waals surface area contributed by atoms with Gasteiger partial charge in [0, 0.05) is 5.57 Å². The number of hydrogen-bond donors (Lipinski definition) is 0. The molecule has 142 valence electrons. The van der Waals surface area contributed by atoms with Gasteiger partial charge in [-0.2, -0.15) is 0 Å². The highest BCUT2D eigenvalue weighted by Crippen LogP contribution is 2.42. The minimum atomic E-state index is -4.80. The lowest BCUT2D eigenvalue weighted by molar-refractivity contribution is -0.302. The molecular weight excluding hydrogens is 400 g/mol. The fourth-order valence-corrected chi connectivity index (χ4v) is 3.29. The molecule has 0 saturated carbocycles. The third-order valence-electron chi connectivity index (χ3n) is 4.14. The van der Waals surface area contributed by atoms with Crippen LogP contribution in [-0.4, -0.2) is 13.5 Å². The van der Waals surface area contributed by atoms with Gasteiger partial charge in [0.15, 0.2) is 0 Å². The molecule has 0 aromatic heterocycles. The number of hydrogen-bond acceptors (Lipinski definition) is 2. The molecule has 2 aromatic carbocycles. The Morgan fingerprint density at radius 3 is 2.19 bits per heavy atom. The molecule has 2 nitrogen and oxygen atoms in total. The Morgan fingerprint density at radius 2 is 1.59 bits per heavy atom. The zero-order valence-electron chi connectivity index (χ0n) is 14.2. The van der Waals surface area contributed by atoms with Gasteiger partial charge in [-0.05, 0) is 59.9 Å². The molecule has 0 unspecified atom stereocenters. The second-order valence-electron chi connectivity index (χ2n) is 5.87. The quantitative estimate of drug-likeness (QED) is 0.529. The fourth-order valence-electron chi connectivity index (χ4n) is 2.99. The van der Waals surface area contributed by atoms with Crippen LogP contribution >= 0.6 is 23.2 Å². The maximum Gasteiger partial charge on any atom is 0.573 e. The molecule has 0 saturated heterocycles. The van der Waals surface area contributed by atoms with Crippen molar-refractivity contribution in [1.82, 2.24) is 0 Å². The number of allylic oxidation sites excluding steroid dienone is 3. The number of halogens is 5. The predicted octanol–water partition coefficient (Wildman–Crippen LogP) is 7.13. The standard InChI is InChI=1S/C20H15Cl2F3O2/c1-26-14-8-5-12(6-9-14)15-3-2-4-18(27-20(23,24)25)19(15)13-7-10-16(21)17(22)11-13/h4-11H,2-3H2,1H3. The third kappa shape index (κ3) is 4.60. The van der Waals surface area contributed by atoms with Crippen molar-refractivity contribution in [3.63, 3.8) is 0 Å².